The Hall–Kier alpha value is -2.75. The number of aryl methyl sites for hydroxylation is 1. The maximum Gasteiger partial charge on any atom is 0.256 e. The number of benzene rings is 2. The monoisotopic (exact) mass is 293 g/mol. The number of rotatable bonds is 3. The van der Waals surface area contributed by atoms with Crippen LogP contribution in [0.15, 0.2) is 54.7 Å². The molecule has 1 heterocycles. The molecule has 0 atom stereocenters. The van der Waals surface area contributed by atoms with Gasteiger partial charge in [-0.1, -0.05) is 30.3 Å². The van der Waals surface area contributed by atoms with E-state index in [0.29, 0.717) is 6.54 Å². The third-order valence-corrected chi connectivity index (χ3v) is 3.87. The van der Waals surface area contributed by atoms with Crippen molar-refractivity contribution in [3.05, 3.63) is 65.9 Å². The molecule has 1 amide bonds. The van der Waals surface area contributed by atoms with Gasteiger partial charge in [0, 0.05) is 43.4 Å². The Bertz CT molecular complexity index is 818. The molecule has 0 bridgehead atoms. The minimum Gasteiger partial charge on any atom is -0.399 e. The van der Waals surface area contributed by atoms with E-state index in [2.05, 4.69) is 0 Å². The fourth-order valence-electron chi connectivity index (χ4n) is 2.69. The molecule has 22 heavy (non-hydrogen) atoms. The molecule has 2 N–H and O–H groups in total. The van der Waals surface area contributed by atoms with Crippen LogP contribution in [-0.4, -0.2) is 22.4 Å². The van der Waals surface area contributed by atoms with Crippen LogP contribution in [0.25, 0.3) is 10.9 Å². The second-order valence-corrected chi connectivity index (χ2v) is 5.57. The van der Waals surface area contributed by atoms with Crippen LogP contribution in [0.2, 0.25) is 0 Å². The Balaban J connectivity index is 1.87. The van der Waals surface area contributed by atoms with Crippen molar-refractivity contribution in [3.8, 4) is 0 Å². The van der Waals surface area contributed by atoms with Crippen molar-refractivity contribution in [2.24, 2.45) is 7.05 Å². The maximum absolute atomic E-state index is 12.7. The lowest BCUT2D eigenvalue weighted by atomic mass is 10.1. The standard InChI is InChI=1S/C18H19N3O/c1-20-12-16(15-5-3-4-6-17(15)20)18(22)21(2)11-13-7-9-14(19)10-8-13/h3-10,12H,11,19H2,1-2H3. The van der Waals surface area contributed by atoms with E-state index in [1.54, 1.807) is 4.90 Å². The summed E-state index contributed by atoms with van der Waals surface area (Å²) in [7, 11) is 3.78. The Kier molecular flexibility index (Phi) is 3.59. The fourth-order valence-corrected chi connectivity index (χ4v) is 2.69. The fraction of sp³-hybridized carbons (Fsp3) is 0.167. The molecule has 3 rings (SSSR count). The molecule has 0 aliphatic carbocycles. The maximum atomic E-state index is 12.7. The SMILES string of the molecule is CN(Cc1ccc(N)cc1)C(=O)c1cn(C)c2ccccc12. The summed E-state index contributed by atoms with van der Waals surface area (Å²) in [6.07, 6.45) is 1.90. The molecule has 0 fully saturated rings. The zero-order valence-corrected chi connectivity index (χ0v) is 12.8. The highest BCUT2D eigenvalue weighted by atomic mass is 16.2. The number of hydrogen-bond donors (Lipinski definition) is 1. The number of hydrogen-bond acceptors (Lipinski definition) is 2. The molecule has 0 unspecified atom stereocenters. The normalized spacial score (nSPS) is 10.8. The molecule has 0 saturated heterocycles. The predicted molar refractivity (Wildman–Crippen MR) is 89.6 cm³/mol. The van der Waals surface area contributed by atoms with E-state index < -0.39 is 0 Å². The zero-order valence-electron chi connectivity index (χ0n) is 12.8. The lowest BCUT2D eigenvalue weighted by molar-refractivity contribution is 0.0787. The quantitative estimate of drug-likeness (QED) is 0.755. The van der Waals surface area contributed by atoms with Gasteiger partial charge in [0.1, 0.15) is 0 Å². The summed E-state index contributed by atoms with van der Waals surface area (Å²) in [4.78, 5) is 14.5. The molecule has 0 saturated carbocycles. The van der Waals surface area contributed by atoms with Crippen molar-refractivity contribution in [2.75, 3.05) is 12.8 Å². The van der Waals surface area contributed by atoms with Crippen molar-refractivity contribution in [1.29, 1.82) is 0 Å². The number of nitrogens with zero attached hydrogens (tertiary/aromatic N) is 2. The smallest absolute Gasteiger partial charge is 0.256 e. The Morgan fingerprint density at radius 1 is 1.14 bits per heavy atom. The zero-order chi connectivity index (χ0) is 15.7. The molecule has 1 aromatic heterocycles. The van der Waals surface area contributed by atoms with Crippen molar-refractivity contribution in [2.45, 2.75) is 6.54 Å². The second-order valence-electron chi connectivity index (χ2n) is 5.57. The van der Waals surface area contributed by atoms with Gasteiger partial charge in [0.15, 0.2) is 0 Å². The molecular weight excluding hydrogens is 274 g/mol. The van der Waals surface area contributed by atoms with Crippen LogP contribution in [0.1, 0.15) is 15.9 Å². The average Bonchev–Trinajstić information content (AvgIpc) is 2.86. The van der Waals surface area contributed by atoms with Crippen LogP contribution in [-0.2, 0) is 13.6 Å². The van der Waals surface area contributed by atoms with Crippen molar-refractivity contribution in [3.63, 3.8) is 0 Å². The largest absolute Gasteiger partial charge is 0.399 e. The van der Waals surface area contributed by atoms with Crippen molar-refractivity contribution in [1.82, 2.24) is 9.47 Å². The molecule has 2 aromatic carbocycles. The molecule has 0 aliphatic heterocycles. The molecular formula is C18H19N3O. The lowest BCUT2D eigenvalue weighted by Gasteiger charge is -2.17. The molecule has 3 aromatic rings. The minimum atomic E-state index is 0.0219. The third-order valence-electron chi connectivity index (χ3n) is 3.87. The Morgan fingerprint density at radius 3 is 2.55 bits per heavy atom. The van der Waals surface area contributed by atoms with Gasteiger partial charge in [-0.05, 0) is 23.8 Å². The predicted octanol–water partition coefficient (Wildman–Crippen LogP) is 3.03. The van der Waals surface area contributed by atoms with Crippen LogP contribution in [0.3, 0.4) is 0 Å². The van der Waals surface area contributed by atoms with Crippen molar-refractivity contribution < 1.29 is 4.79 Å². The van der Waals surface area contributed by atoms with Gasteiger partial charge < -0.3 is 15.2 Å². The van der Waals surface area contributed by atoms with Gasteiger partial charge in [0.25, 0.3) is 5.91 Å². The summed E-state index contributed by atoms with van der Waals surface area (Å²) in [6, 6.07) is 15.5. The summed E-state index contributed by atoms with van der Waals surface area (Å²) >= 11 is 0. The first kappa shape index (κ1) is 14.2. The van der Waals surface area contributed by atoms with Gasteiger partial charge in [0.2, 0.25) is 0 Å². The summed E-state index contributed by atoms with van der Waals surface area (Å²) in [6.45, 7) is 0.558. The minimum absolute atomic E-state index is 0.0219. The van der Waals surface area contributed by atoms with Gasteiger partial charge in [0.05, 0.1) is 5.56 Å². The van der Waals surface area contributed by atoms with Gasteiger partial charge in [-0.2, -0.15) is 0 Å². The number of nitrogens with two attached hydrogens (primary N) is 1. The van der Waals surface area contributed by atoms with Gasteiger partial charge in [-0.25, -0.2) is 0 Å². The number of nitrogen functional groups attached to an aromatic ring is 1. The number of carbonyl (C=O) groups is 1. The number of anilines is 1. The van der Waals surface area contributed by atoms with E-state index >= 15 is 0 Å². The van der Waals surface area contributed by atoms with Crippen LogP contribution < -0.4 is 5.73 Å². The van der Waals surface area contributed by atoms with E-state index in [9.17, 15) is 4.79 Å². The van der Waals surface area contributed by atoms with Crippen LogP contribution in [0.5, 0.6) is 0 Å². The third kappa shape index (κ3) is 2.55. The van der Waals surface area contributed by atoms with Gasteiger partial charge in [-0.3, -0.25) is 4.79 Å². The molecule has 0 spiro atoms. The number of aromatic nitrogens is 1. The summed E-state index contributed by atoms with van der Waals surface area (Å²) in [5.41, 5.74) is 9.27. The molecule has 4 heteroatoms. The molecule has 0 radical (unpaired) electrons. The first-order valence-electron chi connectivity index (χ1n) is 7.20. The summed E-state index contributed by atoms with van der Waals surface area (Å²) < 4.78 is 1.99. The summed E-state index contributed by atoms with van der Waals surface area (Å²) in [5, 5.41) is 0.985. The number of fused-ring (bicyclic) bond motifs is 1. The first-order chi connectivity index (χ1) is 10.6. The van der Waals surface area contributed by atoms with E-state index in [4.69, 9.17) is 5.73 Å². The lowest BCUT2D eigenvalue weighted by Crippen LogP contribution is -2.26. The first-order valence-corrected chi connectivity index (χ1v) is 7.20. The molecule has 4 nitrogen and oxygen atoms in total. The summed E-state index contributed by atoms with van der Waals surface area (Å²) in [5.74, 6) is 0.0219. The van der Waals surface area contributed by atoms with E-state index in [-0.39, 0.29) is 5.91 Å². The number of carbonyl (C=O) groups excluding carboxylic acids is 1. The Labute approximate surface area is 129 Å². The van der Waals surface area contributed by atoms with Gasteiger partial charge in [-0.15, -0.1) is 0 Å². The topological polar surface area (TPSA) is 51.3 Å². The number of para-hydroxylation sites is 1. The van der Waals surface area contributed by atoms with E-state index in [1.807, 2.05) is 73.4 Å². The van der Waals surface area contributed by atoms with Crippen LogP contribution in [0, 0.1) is 0 Å². The second kappa shape index (κ2) is 5.56. The van der Waals surface area contributed by atoms with E-state index in [1.165, 1.54) is 0 Å². The highest BCUT2D eigenvalue weighted by molar-refractivity contribution is 6.06. The van der Waals surface area contributed by atoms with Crippen molar-refractivity contribution >= 4 is 22.5 Å². The number of amides is 1. The Morgan fingerprint density at radius 2 is 1.82 bits per heavy atom. The molecule has 0 aliphatic rings. The highest BCUT2D eigenvalue weighted by Gasteiger charge is 2.17. The van der Waals surface area contributed by atoms with E-state index in [0.717, 1.165) is 27.7 Å². The van der Waals surface area contributed by atoms with Crippen LogP contribution in [0.4, 0.5) is 5.69 Å². The van der Waals surface area contributed by atoms with Gasteiger partial charge >= 0.3 is 0 Å². The highest BCUT2D eigenvalue weighted by Crippen LogP contribution is 2.22. The average molecular weight is 293 g/mol. The molecule has 112 valence electrons. The van der Waals surface area contributed by atoms with Crippen LogP contribution >= 0.6 is 0 Å².